The van der Waals surface area contributed by atoms with Crippen LogP contribution in [0.25, 0.3) is 5.69 Å². The standard InChI is InChI=1S/C18H23FN4/c19-14-5-2-6-16(11-14)23-18(13-3-1-4-13)17(12-21-23)22-9-7-15(20)8-10-22/h2,5-6,11-13,15H,1,3-4,7-10,20H2. The highest BCUT2D eigenvalue weighted by molar-refractivity contribution is 5.55. The normalized spacial score (nSPS) is 19.8. The Morgan fingerprint density at radius 2 is 1.91 bits per heavy atom. The maximum atomic E-state index is 13.6. The number of hydrogen-bond acceptors (Lipinski definition) is 3. The average molecular weight is 314 g/mol. The van der Waals surface area contributed by atoms with Crippen LogP contribution in [0, 0.1) is 5.82 Å². The molecule has 0 bridgehead atoms. The van der Waals surface area contributed by atoms with Gasteiger partial charge in [-0.15, -0.1) is 0 Å². The van der Waals surface area contributed by atoms with E-state index in [1.165, 1.54) is 36.7 Å². The molecule has 2 heterocycles. The molecule has 0 radical (unpaired) electrons. The summed E-state index contributed by atoms with van der Waals surface area (Å²) in [7, 11) is 0. The fourth-order valence-corrected chi connectivity index (χ4v) is 3.61. The number of nitrogens with two attached hydrogens (primary N) is 1. The quantitative estimate of drug-likeness (QED) is 0.946. The first-order chi connectivity index (χ1) is 11.2. The first-order valence-electron chi connectivity index (χ1n) is 8.57. The van der Waals surface area contributed by atoms with Crippen LogP contribution in [0.2, 0.25) is 0 Å². The van der Waals surface area contributed by atoms with Crippen molar-refractivity contribution in [2.45, 2.75) is 44.1 Å². The first kappa shape index (κ1) is 14.7. The number of aromatic nitrogens is 2. The molecular formula is C18H23FN4. The van der Waals surface area contributed by atoms with Gasteiger partial charge in [0.05, 0.1) is 23.3 Å². The molecule has 5 heteroatoms. The van der Waals surface area contributed by atoms with Gasteiger partial charge in [-0.1, -0.05) is 12.5 Å². The SMILES string of the molecule is NC1CCN(c2cnn(-c3cccc(F)c3)c2C2CCC2)CC1. The topological polar surface area (TPSA) is 47.1 Å². The number of piperidine rings is 1. The molecule has 23 heavy (non-hydrogen) atoms. The monoisotopic (exact) mass is 314 g/mol. The van der Waals surface area contributed by atoms with Crippen LogP contribution in [-0.4, -0.2) is 28.9 Å². The third-order valence-electron chi connectivity index (χ3n) is 5.21. The van der Waals surface area contributed by atoms with E-state index in [1.54, 1.807) is 12.1 Å². The van der Waals surface area contributed by atoms with Gasteiger partial charge in [-0.2, -0.15) is 5.10 Å². The second kappa shape index (κ2) is 5.96. The van der Waals surface area contributed by atoms with Crippen LogP contribution < -0.4 is 10.6 Å². The van der Waals surface area contributed by atoms with E-state index in [0.29, 0.717) is 12.0 Å². The molecule has 122 valence electrons. The summed E-state index contributed by atoms with van der Waals surface area (Å²) in [6, 6.07) is 7.02. The van der Waals surface area contributed by atoms with Crippen LogP contribution in [0.1, 0.15) is 43.7 Å². The Bertz CT molecular complexity index is 684. The van der Waals surface area contributed by atoms with Crippen LogP contribution in [0.15, 0.2) is 30.5 Å². The number of hydrogen-bond donors (Lipinski definition) is 1. The highest BCUT2D eigenvalue weighted by Crippen LogP contribution is 2.42. The first-order valence-corrected chi connectivity index (χ1v) is 8.57. The molecule has 1 aromatic carbocycles. The van der Waals surface area contributed by atoms with Crippen LogP contribution >= 0.6 is 0 Å². The number of rotatable bonds is 3. The Labute approximate surface area is 136 Å². The van der Waals surface area contributed by atoms with E-state index in [9.17, 15) is 4.39 Å². The van der Waals surface area contributed by atoms with Gasteiger partial charge in [-0.3, -0.25) is 0 Å². The summed E-state index contributed by atoms with van der Waals surface area (Å²) in [5, 5.41) is 4.60. The Kier molecular flexibility index (Phi) is 3.81. The van der Waals surface area contributed by atoms with Gasteiger partial charge in [0.2, 0.25) is 0 Å². The molecule has 0 amide bonds. The Morgan fingerprint density at radius 1 is 1.13 bits per heavy atom. The molecule has 4 nitrogen and oxygen atoms in total. The van der Waals surface area contributed by atoms with Crippen LogP contribution in [0.4, 0.5) is 10.1 Å². The van der Waals surface area contributed by atoms with Gasteiger partial charge in [0, 0.05) is 25.0 Å². The van der Waals surface area contributed by atoms with Gasteiger partial charge < -0.3 is 10.6 Å². The van der Waals surface area contributed by atoms with E-state index < -0.39 is 0 Å². The van der Waals surface area contributed by atoms with E-state index in [1.807, 2.05) is 16.9 Å². The largest absolute Gasteiger partial charge is 0.369 e. The third kappa shape index (κ3) is 2.74. The van der Waals surface area contributed by atoms with Crippen molar-refractivity contribution >= 4 is 5.69 Å². The van der Waals surface area contributed by atoms with Gasteiger partial charge in [0.1, 0.15) is 5.82 Å². The van der Waals surface area contributed by atoms with Gasteiger partial charge in [0.25, 0.3) is 0 Å². The van der Waals surface area contributed by atoms with Crippen LogP contribution in [0.5, 0.6) is 0 Å². The molecule has 2 aromatic rings. The highest BCUT2D eigenvalue weighted by atomic mass is 19.1. The summed E-state index contributed by atoms with van der Waals surface area (Å²) in [5.41, 5.74) is 9.31. The predicted molar refractivity (Wildman–Crippen MR) is 89.5 cm³/mol. The highest BCUT2D eigenvalue weighted by Gasteiger charge is 2.30. The van der Waals surface area contributed by atoms with Crippen molar-refractivity contribution in [2.24, 2.45) is 5.73 Å². The molecular weight excluding hydrogens is 291 g/mol. The molecule has 0 unspecified atom stereocenters. The summed E-state index contributed by atoms with van der Waals surface area (Å²) < 4.78 is 15.6. The van der Waals surface area contributed by atoms with Gasteiger partial charge >= 0.3 is 0 Å². The van der Waals surface area contributed by atoms with Gasteiger partial charge in [-0.05, 0) is 43.9 Å². The lowest BCUT2D eigenvalue weighted by atomic mass is 9.82. The Morgan fingerprint density at radius 3 is 2.57 bits per heavy atom. The molecule has 1 aromatic heterocycles. The number of anilines is 1. The number of benzene rings is 1. The van der Waals surface area contributed by atoms with Crippen LogP contribution in [0.3, 0.4) is 0 Å². The zero-order valence-electron chi connectivity index (χ0n) is 13.3. The van der Waals surface area contributed by atoms with Crippen molar-refractivity contribution in [2.75, 3.05) is 18.0 Å². The van der Waals surface area contributed by atoms with Crippen molar-refractivity contribution in [1.82, 2.24) is 9.78 Å². The molecule has 4 rings (SSSR count). The van der Waals surface area contributed by atoms with E-state index in [-0.39, 0.29) is 5.82 Å². The minimum absolute atomic E-state index is 0.219. The zero-order valence-corrected chi connectivity index (χ0v) is 13.3. The molecule has 2 N–H and O–H groups in total. The molecule has 2 fully saturated rings. The van der Waals surface area contributed by atoms with E-state index in [4.69, 9.17) is 5.73 Å². The van der Waals surface area contributed by atoms with Crippen molar-refractivity contribution in [3.8, 4) is 5.69 Å². The minimum atomic E-state index is -0.219. The lowest BCUT2D eigenvalue weighted by molar-refractivity contribution is 0.401. The average Bonchev–Trinajstić information content (AvgIpc) is 2.91. The van der Waals surface area contributed by atoms with E-state index >= 15 is 0 Å². The molecule has 1 aliphatic heterocycles. The van der Waals surface area contributed by atoms with Crippen molar-refractivity contribution < 1.29 is 4.39 Å². The second-order valence-electron chi connectivity index (χ2n) is 6.76. The minimum Gasteiger partial charge on any atom is -0.369 e. The van der Waals surface area contributed by atoms with Gasteiger partial charge in [0.15, 0.2) is 0 Å². The molecule has 1 aliphatic carbocycles. The lowest BCUT2D eigenvalue weighted by Gasteiger charge is -2.35. The smallest absolute Gasteiger partial charge is 0.125 e. The lowest BCUT2D eigenvalue weighted by Crippen LogP contribution is -2.40. The molecule has 1 saturated heterocycles. The number of halogens is 1. The van der Waals surface area contributed by atoms with Gasteiger partial charge in [-0.25, -0.2) is 9.07 Å². The third-order valence-corrected chi connectivity index (χ3v) is 5.21. The molecule has 0 atom stereocenters. The van der Waals surface area contributed by atoms with Crippen LogP contribution in [-0.2, 0) is 0 Å². The fourth-order valence-electron chi connectivity index (χ4n) is 3.61. The zero-order chi connectivity index (χ0) is 15.8. The molecule has 1 saturated carbocycles. The van der Waals surface area contributed by atoms with E-state index in [2.05, 4.69) is 10.00 Å². The maximum Gasteiger partial charge on any atom is 0.125 e. The van der Waals surface area contributed by atoms with Crippen molar-refractivity contribution in [3.63, 3.8) is 0 Å². The van der Waals surface area contributed by atoms with Crippen molar-refractivity contribution in [3.05, 3.63) is 42.0 Å². The Balaban J connectivity index is 1.72. The maximum absolute atomic E-state index is 13.6. The summed E-state index contributed by atoms with van der Waals surface area (Å²) in [4.78, 5) is 2.40. The molecule has 2 aliphatic rings. The second-order valence-corrected chi connectivity index (χ2v) is 6.76. The summed E-state index contributed by atoms with van der Waals surface area (Å²) in [5.74, 6) is 0.314. The summed E-state index contributed by atoms with van der Waals surface area (Å²) >= 11 is 0. The number of nitrogens with zero attached hydrogens (tertiary/aromatic N) is 3. The summed E-state index contributed by atoms with van der Waals surface area (Å²) in [6.45, 7) is 1.96. The summed E-state index contributed by atoms with van der Waals surface area (Å²) in [6.07, 6.45) is 7.66. The Hall–Kier alpha value is -1.88. The predicted octanol–water partition coefficient (Wildman–Crippen LogP) is 3.21. The molecule has 0 spiro atoms. The fraction of sp³-hybridized carbons (Fsp3) is 0.500. The van der Waals surface area contributed by atoms with E-state index in [0.717, 1.165) is 31.6 Å². The van der Waals surface area contributed by atoms with Crippen molar-refractivity contribution in [1.29, 1.82) is 0 Å².